The van der Waals surface area contributed by atoms with E-state index >= 15 is 0 Å². The molecule has 0 aromatic carbocycles. The molecular formula is C18H26OSi. The summed E-state index contributed by atoms with van der Waals surface area (Å²) < 4.78 is 7.00. The molecule has 0 aromatic heterocycles. The average molecular weight is 286 g/mol. The topological polar surface area (TPSA) is 9.23 Å². The summed E-state index contributed by atoms with van der Waals surface area (Å²) in [6.45, 7) is 11.8. The number of allylic oxidation sites excluding steroid dienone is 1. The predicted molar refractivity (Wildman–Crippen MR) is 86.4 cm³/mol. The van der Waals surface area contributed by atoms with Gasteiger partial charge in [-0.05, 0) is 55.6 Å². The fourth-order valence-corrected chi connectivity index (χ4v) is 7.25. The molecule has 0 aromatic rings. The van der Waals surface area contributed by atoms with Gasteiger partial charge in [-0.15, -0.1) is 0 Å². The largest absolute Gasteiger partial charge is 0.359 e. The summed E-state index contributed by atoms with van der Waals surface area (Å²) >= 11 is 0. The lowest BCUT2D eigenvalue weighted by Crippen LogP contribution is -2.55. The summed E-state index contributed by atoms with van der Waals surface area (Å²) in [5.74, 6) is 0.718. The van der Waals surface area contributed by atoms with Crippen molar-refractivity contribution in [2.75, 3.05) is 0 Å². The standard InChI is InChI=1S/C18H26OSi/c1-13-7-8-14-12-15-6-5-9-17(15)10-11-18(19-17,16(13)14)20(2,3)4/h10-11,15H,1,5-9,12H2,2-4H3/t15-,17-,18?/m0/s1. The summed E-state index contributed by atoms with van der Waals surface area (Å²) in [6, 6.07) is 0. The molecule has 0 radical (unpaired) electrons. The van der Waals surface area contributed by atoms with Gasteiger partial charge in [0.2, 0.25) is 0 Å². The molecule has 1 spiro atoms. The van der Waals surface area contributed by atoms with Crippen molar-refractivity contribution < 1.29 is 4.74 Å². The molecule has 0 N–H and O–H groups in total. The van der Waals surface area contributed by atoms with E-state index in [4.69, 9.17) is 4.74 Å². The zero-order valence-electron chi connectivity index (χ0n) is 13.1. The van der Waals surface area contributed by atoms with Crippen molar-refractivity contribution in [1.29, 1.82) is 0 Å². The van der Waals surface area contributed by atoms with Crippen LogP contribution in [0.5, 0.6) is 0 Å². The third kappa shape index (κ3) is 1.42. The lowest BCUT2D eigenvalue weighted by atomic mass is 9.84. The molecule has 2 heteroatoms. The summed E-state index contributed by atoms with van der Waals surface area (Å²) in [7, 11) is -1.52. The van der Waals surface area contributed by atoms with Gasteiger partial charge in [0, 0.05) is 0 Å². The van der Waals surface area contributed by atoms with Gasteiger partial charge in [-0.3, -0.25) is 0 Å². The molecule has 2 aliphatic heterocycles. The van der Waals surface area contributed by atoms with Gasteiger partial charge in [0.05, 0.1) is 13.7 Å². The Bertz CT molecular complexity index is 550. The Hall–Kier alpha value is -0.603. The van der Waals surface area contributed by atoms with Crippen molar-refractivity contribution >= 4 is 8.07 Å². The summed E-state index contributed by atoms with van der Waals surface area (Å²) in [4.78, 5) is 0. The van der Waals surface area contributed by atoms with E-state index in [0.29, 0.717) is 0 Å². The van der Waals surface area contributed by atoms with Crippen molar-refractivity contribution in [2.45, 2.75) is 69.0 Å². The minimum Gasteiger partial charge on any atom is -0.359 e. The number of rotatable bonds is 1. The van der Waals surface area contributed by atoms with E-state index in [2.05, 4.69) is 38.4 Å². The minimum absolute atomic E-state index is 0.0604. The molecule has 2 bridgehead atoms. The molecule has 1 unspecified atom stereocenters. The third-order valence-electron chi connectivity index (χ3n) is 6.18. The molecule has 0 saturated heterocycles. The second kappa shape index (κ2) is 3.78. The normalized spacial score (nSPS) is 43.0. The van der Waals surface area contributed by atoms with Crippen LogP contribution in [0.3, 0.4) is 0 Å². The Labute approximate surface area is 123 Å². The molecule has 2 heterocycles. The lowest BCUT2D eigenvalue weighted by molar-refractivity contribution is -0.0518. The zero-order chi connectivity index (χ0) is 14.2. The summed E-state index contributed by atoms with van der Waals surface area (Å²) in [5.41, 5.74) is 4.64. The van der Waals surface area contributed by atoms with Crippen LogP contribution < -0.4 is 0 Å². The van der Waals surface area contributed by atoms with E-state index in [1.165, 1.54) is 43.3 Å². The van der Waals surface area contributed by atoms with Crippen LogP contribution >= 0.6 is 0 Å². The molecule has 1 saturated carbocycles. The van der Waals surface area contributed by atoms with Gasteiger partial charge in [-0.25, -0.2) is 0 Å². The first-order valence-electron chi connectivity index (χ1n) is 8.19. The molecule has 0 amide bonds. The van der Waals surface area contributed by atoms with Crippen molar-refractivity contribution in [3.63, 3.8) is 0 Å². The highest BCUT2D eigenvalue weighted by Gasteiger charge is 2.60. The predicted octanol–water partition coefficient (Wildman–Crippen LogP) is 4.78. The highest BCUT2D eigenvalue weighted by Crippen LogP contribution is 2.59. The van der Waals surface area contributed by atoms with Crippen LogP contribution in [0.1, 0.15) is 38.5 Å². The van der Waals surface area contributed by atoms with E-state index in [9.17, 15) is 0 Å². The molecule has 3 atom stereocenters. The zero-order valence-corrected chi connectivity index (χ0v) is 14.1. The molecule has 4 aliphatic rings. The second-order valence-corrected chi connectivity index (χ2v) is 13.5. The quantitative estimate of drug-likeness (QED) is 0.498. The fourth-order valence-electron chi connectivity index (χ4n) is 5.07. The van der Waals surface area contributed by atoms with Crippen molar-refractivity contribution in [1.82, 2.24) is 0 Å². The van der Waals surface area contributed by atoms with Crippen LogP contribution in [0.2, 0.25) is 19.6 Å². The van der Waals surface area contributed by atoms with Gasteiger partial charge in [0.1, 0.15) is 5.22 Å². The first kappa shape index (κ1) is 13.1. The molecular weight excluding hydrogens is 260 g/mol. The van der Waals surface area contributed by atoms with Gasteiger partial charge >= 0.3 is 0 Å². The van der Waals surface area contributed by atoms with Crippen molar-refractivity contribution in [3.8, 4) is 0 Å². The number of hydrogen-bond donors (Lipinski definition) is 0. The maximum atomic E-state index is 7.00. The third-order valence-corrected chi connectivity index (χ3v) is 8.92. The highest BCUT2D eigenvalue weighted by atomic mass is 28.3. The highest BCUT2D eigenvalue weighted by molar-refractivity contribution is 6.80. The maximum Gasteiger partial charge on any atom is 0.100 e. The maximum absolute atomic E-state index is 7.00. The molecule has 2 aliphatic carbocycles. The molecule has 1 nitrogen and oxygen atoms in total. The minimum atomic E-state index is -1.52. The van der Waals surface area contributed by atoms with E-state index < -0.39 is 8.07 Å². The Morgan fingerprint density at radius 3 is 2.80 bits per heavy atom. The van der Waals surface area contributed by atoms with Gasteiger partial charge in [0.25, 0.3) is 0 Å². The Balaban J connectivity index is 1.94. The van der Waals surface area contributed by atoms with Crippen LogP contribution in [0, 0.1) is 5.92 Å². The smallest absolute Gasteiger partial charge is 0.100 e. The van der Waals surface area contributed by atoms with Gasteiger partial charge in [-0.2, -0.15) is 0 Å². The van der Waals surface area contributed by atoms with Crippen LogP contribution in [0.25, 0.3) is 0 Å². The molecule has 20 heavy (non-hydrogen) atoms. The van der Waals surface area contributed by atoms with E-state index in [-0.39, 0.29) is 10.8 Å². The monoisotopic (exact) mass is 286 g/mol. The Kier molecular flexibility index (Phi) is 2.47. The van der Waals surface area contributed by atoms with Gasteiger partial charge < -0.3 is 4.74 Å². The molecule has 4 rings (SSSR count). The van der Waals surface area contributed by atoms with E-state index in [1.54, 1.807) is 5.57 Å². The molecule has 1 fully saturated rings. The lowest BCUT2D eigenvalue weighted by Gasteiger charge is -2.43. The Morgan fingerprint density at radius 2 is 2.05 bits per heavy atom. The van der Waals surface area contributed by atoms with Crippen LogP contribution in [0.15, 0.2) is 35.5 Å². The van der Waals surface area contributed by atoms with E-state index in [1.807, 2.05) is 0 Å². The number of hydrogen-bond acceptors (Lipinski definition) is 1. The van der Waals surface area contributed by atoms with Crippen LogP contribution in [-0.4, -0.2) is 18.9 Å². The summed E-state index contributed by atoms with van der Waals surface area (Å²) in [5, 5.41) is -0.0883. The van der Waals surface area contributed by atoms with E-state index in [0.717, 1.165) is 12.3 Å². The van der Waals surface area contributed by atoms with Gasteiger partial charge in [0.15, 0.2) is 0 Å². The van der Waals surface area contributed by atoms with Crippen molar-refractivity contribution in [2.24, 2.45) is 5.92 Å². The van der Waals surface area contributed by atoms with Crippen LogP contribution in [0.4, 0.5) is 0 Å². The van der Waals surface area contributed by atoms with Crippen molar-refractivity contribution in [3.05, 3.63) is 35.5 Å². The number of fused-ring (bicyclic) bond motifs is 2. The number of ether oxygens (including phenoxy) is 1. The first-order chi connectivity index (χ1) is 9.38. The SMILES string of the molecule is C=C1CCC2=C1C1([Si](C)(C)C)C=C[C@]3(CCC[C@H]3C2)O1. The molecule has 108 valence electrons. The Morgan fingerprint density at radius 1 is 1.25 bits per heavy atom. The first-order valence-corrected chi connectivity index (χ1v) is 11.7. The summed E-state index contributed by atoms with van der Waals surface area (Å²) in [6.07, 6.45) is 12.5. The average Bonchev–Trinajstić information content (AvgIpc) is 2.99. The second-order valence-electron chi connectivity index (χ2n) is 8.25. The fraction of sp³-hybridized carbons (Fsp3) is 0.667. The van der Waals surface area contributed by atoms with Crippen LogP contribution in [-0.2, 0) is 4.74 Å². The van der Waals surface area contributed by atoms with Gasteiger partial charge in [-0.1, -0.05) is 43.9 Å².